The van der Waals surface area contributed by atoms with Gasteiger partial charge in [0.15, 0.2) is 0 Å². The van der Waals surface area contributed by atoms with Crippen LogP contribution in [0, 0.1) is 17.8 Å². The van der Waals surface area contributed by atoms with E-state index in [2.05, 4.69) is 101 Å². The summed E-state index contributed by atoms with van der Waals surface area (Å²) in [6.07, 6.45) is 13.9. The van der Waals surface area contributed by atoms with Gasteiger partial charge in [0.1, 0.15) is 0 Å². The first-order chi connectivity index (χ1) is 12.6. The molecule has 2 aromatic carbocycles. The van der Waals surface area contributed by atoms with Crippen LogP contribution in [0.15, 0.2) is 78.4 Å². The van der Waals surface area contributed by atoms with E-state index in [4.69, 9.17) is 0 Å². The van der Waals surface area contributed by atoms with Gasteiger partial charge in [0.25, 0.3) is 0 Å². The predicted octanol–water partition coefficient (Wildman–Crippen LogP) is 7.30. The third kappa shape index (κ3) is 2.78. The molecular formula is C26H28. The van der Waals surface area contributed by atoms with Crippen molar-refractivity contribution >= 4 is 16.3 Å². The topological polar surface area (TPSA) is 0 Å². The highest BCUT2D eigenvalue weighted by molar-refractivity contribution is 5.98. The Morgan fingerprint density at radius 2 is 1.54 bits per heavy atom. The average Bonchev–Trinajstić information content (AvgIpc) is 2.66. The summed E-state index contributed by atoms with van der Waals surface area (Å²) in [4.78, 5) is 0. The lowest BCUT2D eigenvalue weighted by molar-refractivity contribution is 0.652. The minimum absolute atomic E-state index is 0.436. The predicted molar refractivity (Wildman–Crippen MR) is 114 cm³/mol. The SMILES string of the molecule is CC(C)C1=C(c2c(C(C)C)ccc3ccccc23)[C@H]2C=CC=C[C@H]2C=C1. The standard InChI is InChI=1S/C26H28/c1-17(2)21-15-13-19-9-5-7-11-23(19)25(21)26-22(18(3)4)16-14-20-10-6-8-12-24(20)26/h5-19,23H,1-4H3/t19-,23-/m0/s1. The number of allylic oxidation sites excluding steroid dienone is 8. The van der Waals surface area contributed by atoms with Crippen LogP contribution in [0.1, 0.15) is 44.7 Å². The van der Waals surface area contributed by atoms with Gasteiger partial charge in [-0.05, 0) is 44.9 Å². The zero-order valence-electron chi connectivity index (χ0n) is 16.2. The van der Waals surface area contributed by atoms with E-state index in [1.165, 1.54) is 33.0 Å². The molecule has 0 N–H and O–H groups in total. The molecule has 0 fully saturated rings. The Morgan fingerprint density at radius 1 is 0.769 bits per heavy atom. The van der Waals surface area contributed by atoms with Crippen LogP contribution in [0.3, 0.4) is 0 Å². The molecule has 0 aliphatic heterocycles. The summed E-state index contributed by atoms with van der Waals surface area (Å²) in [5.74, 6) is 1.92. The maximum Gasteiger partial charge on any atom is 0.0128 e. The molecular weight excluding hydrogens is 312 g/mol. The van der Waals surface area contributed by atoms with Crippen molar-refractivity contribution in [2.24, 2.45) is 17.8 Å². The fraction of sp³-hybridized carbons (Fsp3) is 0.308. The Kier molecular flexibility index (Phi) is 4.44. The van der Waals surface area contributed by atoms with Crippen LogP contribution >= 0.6 is 0 Å². The highest BCUT2D eigenvalue weighted by atomic mass is 14.3. The van der Waals surface area contributed by atoms with Gasteiger partial charge < -0.3 is 0 Å². The fourth-order valence-corrected chi connectivity index (χ4v) is 4.48. The van der Waals surface area contributed by atoms with Gasteiger partial charge in [0.05, 0.1) is 0 Å². The maximum absolute atomic E-state index is 2.40. The van der Waals surface area contributed by atoms with Gasteiger partial charge in [-0.1, -0.05) is 101 Å². The maximum atomic E-state index is 2.40. The van der Waals surface area contributed by atoms with E-state index < -0.39 is 0 Å². The molecule has 26 heavy (non-hydrogen) atoms. The molecule has 2 aliphatic rings. The van der Waals surface area contributed by atoms with Gasteiger partial charge in [0.2, 0.25) is 0 Å². The molecule has 2 aliphatic carbocycles. The largest absolute Gasteiger partial charge is 0.0767 e. The number of hydrogen-bond acceptors (Lipinski definition) is 0. The summed E-state index contributed by atoms with van der Waals surface area (Å²) < 4.78 is 0. The Hall–Kier alpha value is -2.34. The zero-order chi connectivity index (χ0) is 18.3. The molecule has 0 aromatic heterocycles. The van der Waals surface area contributed by atoms with Crippen LogP contribution in [0.2, 0.25) is 0 Å². The van der Waals surface area contributed by atoms with E-state index in [9.17, 15) is 0 Å². The van der Waals surface area contributed by atoms with Crippen LogP contribution < -0.4 is 0 Å². The third-order valence-corrected chi connectivity index (χ3v) is 5.79. The monoisotopic (exact) mass is 340 g/mol. The Morgan fingerprint density at radius 3 is 2.31 bits per heavy atom. The molecule has 0 amide bonds. The minimum atomic E-state index is 0.436. The molecule has 2 aromatic rings. The van der Waals surface area contributed by atoms with E-state index in [-0.39, 0.29) is 0 Å². The number of rotatable bonds is 3. The summed E-state index contributed by atoms with van der Waals surface area (Å²) in [5, 5.41) is 2.73. The van der Waals surface area contributed by atoms with Gasteiger partial charge in [-0.2, -0.15) is 0 Å². The Labute approximate surface area is 157 Å². The molecule has 0 spiro atoms. The second-order valence-corrected chi connectivity index (χ2v) is 8.16. The van der Waals surface area contributed by atoms with Gasteiger partial charge in [-0.15, -0.1) is 0 Å². The van der Waals surface area contributed by atoms with Crippen molar-refractivity contribution in [3.8, 4) is 0 Å². The molecule has 0 heteroatoms. The van der Waals surface area contributed by atoms with E-state index in [0.29, 0.717) is 23.7 Å². The van der Waals surface area contributed by atoms with Crippen LogP contribution in [0.25, 0.3) is 16.3 Å². The first-order valence-electron chi connectivity index (χ1n) is 9.87. The van der Waals surface area contributed by atoms with Crippen molar-refractivity contribution in [1.29, 1.82) is 0 Å². The Balaban J connectivity index is 2.08. The summed E-state index contributed by atoms with van der Waals surface area (Å²) in [6, 6.07) is 13.5. The van der Waals surface area contributed by atoms with Crippen molar-refractivity contribution in [2.45, 2.75) is 33.6 Å². The average molecular weight is 341 g/mol. The lowest BCUT2D eigenvalue weighted by Gasteiger charge is -2.34. The van der Waals surface area contributed by atoms with Crippen molar-refractivity contribution in [2.75, 3.05) is 0 Å². The van der Waals surface area contributed by atoms with Crippen molar-refractivity contribution < 1.29 is 0 Å². The smallest absolute Gasteiger partial charge is 0.0128 e. The lowest BCUT2D eigenvalue weighted by Crippen LogP contribution is -2.20. The summed E-state index contributed by atoms with van der Waals surface area (Å²) in [6.45, 7) is 9.27. The molecule has 132 valence electrons. The summed E-state index contributed by atoms with van der Waals surface area (Å²) in [5.41, 5.74) is 5.97. The minimum Gasteiger partial charge on any atom is -0.0767 e. The van der Waals surface area contributed by atoms with Crippen LogP contribution in [0.4, 0.5) is 0 Å². The van der Waals surface area contributed by atoms with E-state index in [0.717, 1.165) is 0 Å². The molecule has 0 saturated heterocycles. The zero-order valence-corrected chi connectivity index (χ0v) is 16.2. The highest BCUT2D eigenvalue weighted by Gasteiger charge is 2.30. The molecule has 0 heterocycles. The first kappa shape index (κ1) is 17.1. The van der Waals surface area contributed by atoms with E-state index in [1.54, 1.807) is 0 Å². The van der Waals surface area contributed by atoms with Crippen molar-refractivity contribution in [3.63, 3.8) is 0 Å². The van der Waals surface area contributed by atoms with Gasteiger partial charge in [-0.3, -0.25) is 0 Å². The van der Waals surface area contributed by atoms with Gasteiger partial charge in [-0.25, -0.2) is 0 Å². The van der Waals surface area contributed by atoms with E-state index >= 15 is 0 Å². The number of hydrogen-bond donors (Lipinski definition) is 0. The highest BCUT2D eigenvalue weighted by Crippen LogP contribution is 2.46. The Bertz CT molecular complexity index is 947. The number of fused-ring (bicyclic) bond motifs is 2. The molecule has 4 rings (SSSR count). The van der Waals surface area contributed by atoms with Crippen LogP contribution in [-0.4, -0.2) is 0 Å². The lowest BCUT2D eigenvalue weighted by atomic mass is 9.70. The summed E-state index contributed by atoms with van der Waals surface area (Å²) >= 11 is 0. The van der Waals surface area contributed by atoms with Crippen molar-refractivity contribution in [1.82, 2.24) is 0 Å². The molecule has 0 radical (unpaired) electrons. The van der Waals surface area contributed by atoms with Crippen molar-refractivity contribution in [3.05, 3.63) is 89.6 Å². The van der Waals surface area contributed by atoms with Crippen LogP contribution in [-0.2, 0) is 0 Å². The fourth-order valence-electron chi connectivity index (χ4n) is 4.48. The molecule has 0 nitrogen and oxygen atoms in total. The second kappa shape index (κ2) is 6.76. The summed E-state index contributed by atoms with van der Waals surface area (Å²) in [7, 11) is 0. The van der Waals surface area contributed by atoms with Gasteiger partial charge in [0, 0.05) is 11.8 Å². The molecule has 0 saturated carbocycles. The normalized spacial score (nSPS) is 21.9. The molecule has 0 bridgehead atoms. The first-order valence-corrected chi connectivity index (χ1v) is 9.87. The van der Waals surface area contributed by atoms with E-state index in [1.807, 2.05) is 0 Å². The van der Waals surface area contributed by atoms with Gasteiger partial charge >= 0.3 is 0 Å². The third-order valence-electron chi connectivity index (χ3n) is 5.79. The molecule has 0 unspecified atom stereocenters. The quantitative estimate of drug-likeness (QED) is 0.550. The van der Waals surface area contributed by atoms with Crippen LogP contribution in [0.5, 0.6) is 0 Å². The molecule has 2 atom stereocenters. The number of benzene rings is 2. The second-order valence-electron chi connectivity index (χ2n) is 8.16.